The molecule has 68 valence electrons. The van der Waals surface area contributed by atoms with Crippen LogP contribution >= 0.6 is 0 Å². The van der Waals surface area contributed by atoms with Crippen LogP contribution in [0.3, 0.4) is 0 Å². The number of hydrogen-bond acceptors (Lipinski definition) is 3. The molecular weight excluding hydrogens is 160 g/mol. The lowest BCUT2D eigenvalue weighted by molar-refractivity contribution is -0.144. The highest BCUT2D eigenvalue weighted by molar-refractivity contribution is 5.76. The fraction of sp³-hybridized carbons (Fsp3) is 0.714. The van der Waals surface area contributed by atoms with E-state index < -0.39 is 12.0 Å². The molecular formula is C7H12N2O3. The molecule has 0 aromatic rings. The van der Waals surface area contributed by atoms with Crippen LogP contribution in [0, 0.1) is 0 Å². The third-order valence-corrected chi connectivity index (χ3v) is 1.84. The summed E-state index contributed by atoms with van der Waals surface area (Å²) in [6, 6.07) is -0.547. The summed E-state index contributed by atoms with van der Waals surface area (Å²) in [6.07, 6.45) is 1.42. The number of carboxylic acids is 1. The highest BCUT2D eigenvalue weighted by Crippen LogP contribution is 2.14. The summed E-state index contributed by atoms with van der Waals surface area (Å²) in [4.78, 5) is 21.2. The number of aliphatic carboxylic acids is 1. The minimum Gasteiger partial charge on any atom is -0.480 e. The van der Waals surface area contributed by atoms with E-state index in [-0.39, 0.29) is 5.91 Å². The first-order valence-corrected chi connectivity index (χ1v) is 3.88. The monoisotopic (exact) mass is 172 g/mol. The van der Waals surface area contributed by atoms with Gasteiger partial charge in [-0.2, -0.15) is 0 Å². The van der Waals surface area contributed by atoms with Crippen molar-refractivity contribution in [2.75, 3.05) is 6.54 Å². The predicted octanol–water partition coefficient (Wildman–Crippen LogP) is -0.414. The SMILES string of the molecule is CC(=O)NN1CCCC1C(=O)O. The Balaban J connectivity index is 2.52. The lowest BCUT2D eigenvalue weighted by Gasteiger charge is -2.20. The Morgan fingerprint density at radius 1 is 1.58 bits per heavy atom. The fourth-order valence-corrected chi connectivity index (χ4v) is 1.36. The molecule has 0 aromatic heterocycles. The molecule has 0 aromatic carbocycles. The molecule has 2 N–H and O–H groups in total. The van der Waals surface area contributed by atoms with Gasteiger partial charge in [-0.3, -0.25) is 15.0 Å². The van der Waals surface area contributed by atoms with E-state index in [0.29, 0.717) is 13.0 Å². The smallest absolute Gasteiger partial charge is 0.322 e. The molecule has 0 saturated carbocycles. The van der Waals surface area contributed by atoms with E-state index in [1.165, 1.54) is 11.9 Å². The third kappa shape index (κ3) is 1.94. The topological polar surface area (TPSA) is 69.6 Å². The van der Waals surface area contributed by atoms with Crippen molar-refractivity contribution in [2.45, 2.75) is 25.8 Å². The summed E-state index contributed by atoms with van der Waals surface area (Å²) in [5, 5.41) is 10.2. The number of carboxylic acid groups (broad SMARTS) is 1. The number of amides is 1. The normalized spacial score (nSPS) is 23.9. The van der Waals surface area contributed by atoms with Crippen molar-refractivity contribution in [3.63, 3.8) is 0 Å². The summed E-state index contributed by atoms with van der Waals surface area (Å²) in [5.74, 6) is -1.09. The molecule has 1 heterocycles. The molecule has 0 aliphatic carbocycles. The molecule has 0 spiro atoms. The summed E-state index contributed by atoms with van der Waals surface area (Å²) < 4.78 is 0. The second-order valence-electron chi connectivity index (χ2n) is 2.86. The molecule has 0 bridgehead atoms. The molecule has 1 rings (SSSR count). The molecule has 12 heavy (non-hydrogen) atoms. The van der Waals surface area contributed by atoms with Crippen molar-refractivity contribution in [1.29, 1.82) is 0 Å². The van der Waals surface area contributed by atoms with Crippen LogP contribution in [0.4, 0.5) is 0 Å². The van der Waals surface area contributed by atoms with Crippen LogP contribution < -0.4 is 5.43 Å². The van der Waals surface area contributed by atoms with Gasteiger partial charge in [0.15, 0.2) is 0 Å². The summed E-state index contributed by atoms with van der Waals surface area (Å²) in [5.41, 5.74) is 2.49. The highest BCUT2D eigenvalue weighted by Gasteiger charge is 2.30. The number of hydrogen-bond donors (Lipinski definition) is 2. The molecule has 1 amide bonds. The van der Waals surface area contributed by atoms with Crippen molar-refractivity contribution in [3.8, 4) is 0 Å². The lowest BCUT2D eigenvalue weighted by atomic mass is 10.2. The number of rotatable bonds is 2. The highest BCUT2D eigenvalue weighted by atomic mass is 16.4. The molecule has 1 saturated heterocycles. The Hall–Kier alpha value is -1.10. The zero-order valence-corrected chi connectivity index (χ0v) is 6.91. The largest absolute Gasteiger partial charge is 0.480 e. The Morgan fingerprint density at radius 3 is 2.75 bits per heavy atom. The molecule has 0 radical (unpaired) electrons. The first-order valence-electron chi connectivity index (χ1n) is 3.88. The summed E-state index contributed by atoms with van der Waals surface area (Å²) in [7, 11) is 0. The van der Waals surface area contributed by atoms with Crippen molar-refractivity contribution in [3.05, 3.63) is 0 Å². The van der Waals surface area contributed by atoms with Crippen LogP contribution in [0.1, 0.15) is 19.8 Å². The van der Waals surface area contributed by atoms with Crippen molar-refractivity contribution < 1.29 is 14.7 Å². The van der Waals surface area contributed by atoms with E-state index in [1.807, 2.05) is 0 Å². The first-order chi connectivity index (χ1) is 5.61. The third-order valence-electron chi connectivity index (χ3n) is 1.84. The average molecular weight is 172 g/mol. The fourth-order valence-electron chi connectivity index (χ4n) is 1.36. The Morgan fingerprint density at radius 2 is 2.25 bits per heavy atom. The van der Waals surface area contributed by atoms with Gasteiger partial charge < -0.3 is 5.11 Å². The van der Waals surface area contributed by atoms with Crippen molar-refractivity contribution >= 4 is 11.9 Å². The van der Waals surface area contributed by atoms with E-state index in [9.17, 15) is 9.59 Å². The Labute approximate surface area is 70.3 Å². The number of carbonyl (C=O) groups excluding carboxylic acids is 1. The quantitative estimate of drug-likeness (QED) is 0.594. The predicted molar refractivity (Wildman–Crippen MR) is 41.2 cm³/mol. The van der Waals surface area contributed by atoms with Crippen LogP contribution in [0.15, 0.2) is 0 Å². The number of carbonyl (C=O) groups is 2. The van der Waals surface area contributed by atoms with Gasteiger partial charge in [-0.15, -0.1) is 0 Å². The van der Waals surface area contributed by atoms with E-state index >= 15 is 0 Å². The second kappa shape index (κ2) is 3.53. The molecule has 5 nitrogen and oxygen atoms in total. The van der Waals surface area contributed by atoms with E-state index in [4.69, 9.17) is 5.11 Å². The van der Waals surface area contributed by atoms with Gasteiger partial charge in [-0.05, 0) is 12.8 Å². The minimum absolute atomic E-state index is 0.219. The zero-order valence-electron chi connectivity index (χ0n) is 6.91. The van der Waals surface area contributed by atoms with Gasteiger partial charge in [0, 0.05) is 13.5 Å². The standard InChI is InChI=1S/C7H12N2O3/c1-5(10)8-9-4-2-3-6(9)7(11)12/h6H,2-4H2,1H3,(H,8,10)(H,11,12). The van der Waals surface area contributed by atoms with Gasteiger partial charge in [-0.1, -0.05) is 0 Å². The number of nitrogens with zero attached hydrogens (tertiary/aromatic N) is 1. The Kier molecular flexibility index (Phi) is 2.65. The maximum absolute atomic E-state index is 10.6. The number of hydrazine groups is 1. The first kappa shape index (κ1) is 8.99. The molecule has 1 aliphatic heterocycles. The van der Waals surface area contributed by atoms with Gasteiger partial charge in [-0.25, -0.2) is 5.01 Å². The number of nitrogens with one attached hydrogen (secondary N) is 1. The van der Waals surface area contributed by atoms with Gasteiger partial charge in [0.1, 0.15) is 6.04 Å². The molecule has 1 fully saturated rings. The summed E-state index contributed by atoms with van der Waals surface area (Å²) in [6.45, 7) is 1.99. The van der Waals surface area contributed by atoms with Crippen molar-refractivity contribution in [1.82, 2.24) is 10.4 Å². The van der Waals surface area contributed by atoms with Gasteiger partial charge in [0.2, 0.25) is 5.91 Å². The van der Waals surface area contributed by atoms with Gasteiger partial charge >= 0.3 is 5.97 Å². The van der Waals surface area contributed by atoms with E-state index in [1.54, 1.807) is 0 Å². The van der Waals surface area contributed by atoms with Crippen LogP contribution in [0.25, 0.3) is 0 Å². The van der Waals surface area contributed by atoms with Crippen LogP contribution in [0.5, 0.6) is 0 Å². The van der Waals surface area contributed by atoms with Crippen LogP contribution in [-0.4, -0.2) is 34.6 Å². The van der Waals surface area contributed by atoms with E-state index in [2.05, 4.69) is 5.43 Å². The molecule has 1 atom stereocenters. The minimum atomic E-state index is -0.874. The maximum atomic E-state index is 10.6. The van der Waals surface area contributed by atoms with E-state index in [0.717, 1.165) is 6.42 Å². The maximum Gasteiger partial charge on any atom is 0.322 e. The van der Waals surface area contributed by atoms with Gasteiger partial charge in [0.25, 0.3) is 0 Å². The lowest BCUT2D eigenvalue weighted by Crippen LogP contribution is -2.47. The molecule has 1 unspecified atom stereocenters. The van der Waals surface area contributed by atoms with Crippen LogP contribution in [-0.2, 0) is 9.59 Å². The molecule has 5 heteroatoms. The van der Waals surface area contributed by atoms with Gasteiger partial charge in [0.05, 0.1) is 0 Å². The summed E-state index contributed by atoms with van der Waals surface area (Å²) >= 11 is 0. The average Bonchev–Trinajstić information content (AvgIpc) is 2.33. The van der Waals surface area contributed by atoms with Crippen LogP contribution in [0.2, 0.25) is 0 Å². The second-order valence-corrected chi connectivity index (χ2v) is 2.86. The van der Waals surface area contributed by atoms with Crippen molar-refractivity contribution in [2.24, 2.45) is 0 Å². The Bertz CT molecular complexity index is 205. The molecule has 1 aliphatic rings. The zero-order chi connectivity index (χ0) is 9.14.